The lowest BCUT2D eigenvalue weighted by molar-refractivity contribution is 0.0473. The number of carbonyl (C=O) groups is 1. The average molecular weight is 260 g/mol. The van der Waals surface area contributed by atoms with Gasteiger partial charge in [0.15, 0.2) is 0 Å². The van der Waals surface area contributed by atoms with Crippen LogP contribution in [0.3, 0.4) is 0 Å². The predicted octanol–water partition coefficient (Wildman–Crippen LogP) is 2.47. The maximum absolute atomic E-state index is 12.9. The molecular weight excluding hydrogens is 247 g/mol. The Morgan fingerprint density at radius 2 is 2.21 bits per heavy atom. The van der Waals surface area contributed by atoms with Gasteiger partial charge >= 0.3 is 5.97 Å². The minimum atomic E-state index is -0.537. The maximum atomic E-state index is 12.9. The molecule has 2 aromatic rings. The Bertz CT molecular complexity index is 614. The topological polar surface area (TPSA) is 65.2 Å². The molecule has 5 heteroatoms. The lowest BCUT2D eigenvalue weighted by Gasteiger charge is -2.08. The largest absolute Gasteiger partial charge is 0.457 e. The Morgan fingerprint density at radius 3 is 2.95 bits per heavy atom. The molecule has 1 heterocycles. The summed E-state index contributed by atoms with van der Waals surface area (Å²) in [6.45, 7) is 1.76. The fraction of sp³-hybridized carbons (Fsp3) is 0.143. The highest BCUT2D eigenvalue weighted by atomic mass is 19.1. The number of esters is 1. The summed E-state index contributed by atoms with van der Waals surface area (Å²) in [4.78, 5) is 15.5. The van der Waals surface area contributed by atoms with E-state index in [1.54, 1.807) is 12.1 Å². The van der Waals surface area contributed by atoms with Crippen LogP contribution >= 0.6 is 0 Å². The maximum Gasteiger partial charge on any atom is 0.340 e. The van der Waals surface area contributed by atoms with E-state index >= 15 is 0 Å². The van der Waals surface area contributed by atoms with Crippen molar-refractivity contribution in [3.8, 4) is 0 Å². The van der Waals surface area contributed by atoms with Crippen LogP contribution in [-0.4, -0.2) is 11.0 Å². The zero-order valence-electron chi connectivity index (χ0n) is 10.4. The molecule has 0 unspecified atom stereocenters. The summed E-state index contributed by atoms with van der Waals surface area (Å²) in [5.41, 5.74) is 7.80. The van der Waals surface area contributed by atoms with E-state index in [0.717, 1.165) is 11.8 Å². The third-order valence-corrected chi connectivity index (χ3v) is 2.68. The van der Waals surface area contributed by atoms with Gasteiger partial charge in [-0.15, -0.1) is 0 Å². The summed E-state index contributed by atoms with van der Waals surface area (Å²) in [5.74, 6) is -1.01. The molecule has 0 fully saturated rings. The first-order valence-electron chi connectivity index (χ1n) is 5.69. The van der Waals surface area contributed by atoms with Gasteiger partial charge in [-0.3, -0.25) is 4.98 Å². The van der Waals surface area contributed by atoms with Crippen molar-refractivity contribution in [3.63, 3.8) is 0 Å². The minimum absolute atomic E-state index is 0.0447. The van der Waals surface area contributed by atoms with Crippen LogP contribution in [0.2, 0.25) is 0 Å². The molecule has 0 saturated heterocycles. The Hall–Kier alpha value is -2.43. The van der Waals surface area contributed by atoms with Gasteiger partial charge in [-0.25, -0.2) is 9.18 Å². The summed E-state index contributed by atoms with van der Waals surface area (Å²) >= 11 is 0. The van der Waals surface area contributed by atoms with Crippen molar-refractivity contribution in [1.29, 1.82) is 0 Å². The van der Waals surface area contributed by atoms with Crippen molar-refractivity contribution < 1.29 is 13.9 Å². The van der Waals surface area contributed by atoms with Crippen molar-refractivity contribution in [1.82, 2.24) is 4.98 Å². The van der Waals surface area contributed by atoms with Crippen LogP contribution in [0, 0.1) is 12.7 Å². The second kappa shape index (κ2) is 5.48. The normalized spacial score (nSPS) is 10.2. The van der Waals surface area contributed by atoms with Gasteiger partial charge in [-0.05, 0) is 24.6 Å². The number of nitrogens with zero attached hydrogens (tertiary/aromatic N) is 1. The third kappa shape index (κ3) is 3.07. The van der Waals surface area contributed by atoms with Gasteiger partial charge < -0.3 is 10.5 Å². The van der Waals surface area contributed by atoms with E-state index in [1.807, 2.05) is 13.0 Å². The zero-order chi connectivity index (χ0) is 13.8. The van der Waals surface area contributed by atoms with E-state index in [0.29, 0.717) is 16.8 Å². The van der Waals surface area contributed by atoms with Crippen molar-refractivity contribution in [3.05, 3.63) is 59.2 Å². The van der Waals surface area contributed by atoms with E-state index in [1.165, 1.54) is 12.3 Å². The minimum Gasteiger partial charge on any atom is -0.457 e. The second-order valence-electron chi connectivity index (χ2n) is 4.12. The average Bonchev–Trinajstić information content (AvgIpc) is 2.39. The summed E-state index contributed by atoms with van der Waals surface area (Å²) in [5, 5.41) is 0. The lowest BCUT2D eigenvalue weighted by atomic mass is 10.1. The molecule has 2 rings (SSSR count). The van der Waals surface area contributed by atoms with Crippen LogP contribution in [0.5, 0.6) is 0 Å². The number of nitrogen functional groups attached to an aromatic ring is 1. The molecule has 4 nitrogen and oxygen atoms in total. The molecule has 0 aliphatic carbocycles. The van der Waals surface area contributed by atoms with Gasteiger partial charge in [0.25, 0.3) is 0 Å². The second-order valence-corrected chi connectivity index (χ2v) is 4.12. The molecule has 2 N–H and O–H groups in total. The summed E-state index contributed by atoms with van der Waals surface area (Å²) in [7, 11) is 0. The number of pyridine rings is 1. The smallest absolute Gasteiger partial charge is 0.340 e. The van der Waals surface area contributed by atoms with Crippen LogP contribution in [0.1, 0.15) is 21.5 Å². The standard InChI is InChI=1S/C14H13FN2O2/c1-9-3-2-4-12(13(9)16)14(18)19-8-10-5-11(15)7-17-6-10/h2-7H,8,16H2,1H3. The highest BCUT2D eigenvalue weighted by Gasteiger charge is 2.12. The molecule has 0 aliphatic heterocycles. The molecule has 0 radical (unpaired) electrons. The van der Waals surface area contributed by atoms with Gasteiger partial charge in [0, 0.05) is 17.4 Å². The number of aryl methyl sites for hydroxylation is 1. The molecule has 0 aliphatic rings. The summed E-state index contributed by atoms with van der Waals surface area (Å²) in [6.07, 6.45) is 2.53. The molecule has 0 bridgehead atoms. The van der Waals surface area contributed by atoms with Crippen molar-refractivity contribution in [2.45, 2.75) is 13.5 Å². The number of carbonyl (C=O) groups excluding carboxylic acids is 1. The molecule has 98 valence electrons. The Kier molecular flexibility index (Phi) is 3.75. The third-order valence-electron chi connectivity index (χ3n) is 2.68. The van der Waals surface area contributed by atoms with Gasteiger partial charge in [0.1, 0.15) is 12.4 Å². The molecule has 19 heavy (non-hydrogen) atoms. The lowest BCUT2D eigenvalue weighted by Crippen LogP contribution is -2.09. The number of ether oxygens (including phenoxy) is 1. The number of aromatic nitrogens is 1. The number of hydrogen-bond acceptors (Lipinski definition) is 4. The van der Waals surface area contributed by atoms with E-state index in [4.69, 9.17) is 10.5 Å². The van der Waals surface area contributed by atoms with E-state index < -0.39 is 11.8 Å². The van der Waals surface area contributed by atoms with Crippen LogP contribution in [0.15, 0.2) is 36.7 Å². The number of anilines is 1. The van der Waals surface area contributed by atoms with E-state index in [-0.39, 0.29) is 6.61 Å². The quantitative estimate of drug-likeness (QED) is 0.680. The van der Waals surface area contributed by atoms with E-state index in [2.05, 4.69) is 4.98 Å². The van der Waals surface area contributed by atoms with Crippen LogP contribution in [0.25, 0.3) is 0 Å². The number of para-hydroxylation sites is 1. The Morgan fingerprint density at radius 1 is 1.42 bits per heavy atom. The fourth-order valence-corrected chi connectivity index (χ4v) is 1.62. The van der Waals surface area contributed by atoms with Gasteiger partial charge in [0.05, 0.1) is 11.8 Å². The summed E-state index contributed by atoms with van der Waals surface area (Å²) < 4.78 is 18.0. The number of halogens is 1. The van der Waals surface area contributed by atoms with Crippen molar-refractivity contribution in [2.75, 3.05) is 5.73 Å². The number of nitrogens with two attached hydrogens (primary N) is 1. The zero-order valence-corrected chi connectivity index (χ0v) is 10.4. The molecule has 0 atom stereocenters. The van der Waals surface area contributed by atoms with E-state index in [9.17, 15) is 9.18 Å². The van der Waals surface area contributed by atoms with Crippen molar-refractivity contribution >= 4 is 11.7 Å². The molecule has 0 saturated carbocycles. The first kappa shape index (κ1) is 13.0. The van der Waals surface area contributed by atoms with Crippen molar-refractivity contribution in [2.24, 2.45) is 0 Å². The molecule has 0 spiro atoms. The summed E-state index contributed by atoms with van der Waals surface area (Å²) in [6, 6.07) is 6.39. The molecular formula is C14H13FN2O2. The monoisotopic (exact) mass is 260 g/mol. The van der Waals surface area contributed by atoms with Crippen LogP contribution < -0.4 is 5.73 Å². The van der Waals surface area contributed by atoms with Gasteiger partial charge in [-0.1, -0.05) is 12.1 Å². The highest BCUT2D eigenvalue weighted by molar-refractivity contribution is 5.95. The predicted molar refractivity (Wildman–Crippen MR) is 68.9 cm³/mol. The molecule has 0 amide bonds. The first-order valence-corrected chi connectivity index (χ1v) is 5.69. The number of hydrogen-bond donors (Lipinski definition) is 1. The van der Waals surface area contributed by atoms with Gasteiger partial charge in [0.2, 0.25) is 0 Å². The van der Waals surface area contributed by atoms with Crippen LogP contribution in [-0.2, 0) is 11.3 Å². The molecule has 1 aromatic heterocycles. The Labute approximate surface area is 110 Å². The Balaban J connectivity index is 2.08. The number of rotatable bonds is 3. The first-order chi connectivity index (χ1) is 9.08. The number of benzene rings is 1. The van der Waals surface area contributed by atoms with Crippen LogP contribution in [0.4, 0.5) is 10.1 Å². The fourth-order valence-electron chi connectivity index (χ4n) is 1.62. The van der Waals surface area contributed by atoms with Gasteiger partial charge in [-0.2, -0.15) is 0 Å². The molecule has 1 aromatic carbocycles. The highest BCUT2D eigenvalue weighted by Crippen LogP contribution is 2.18. The SMILES string of the molecule is Cc1cccc(C(=O)OCc2cncc(F)c2)c1N.